The Morgan fingerprint density at radius 3 is 2.17 bits per heavy atom. The monoisotopic (exact) mass is 478 g/mol. The van der Waals surface area contributed by atoms with Crippen LogP contribution in [-0.2, 0) is 14.3 Å². The highest BCUT2D eigenvalue weighted by Crippen LogP contribution is 2.44. The molecule has 35 heavy (non-hydrogen) atoms. The van der Waals surface area contributed by atoms with E-state index in [4.69, 9.17) is 4.74 Å². The van der Waals surface area contributed by atoms with Gasteiger partial charge in [-0.15, -0.1) is 0 Å². The van der Waals surface area contributed by atoms with E-state index in [1.807, 2.05) is 31.2 Å². The molecule has 0 heterocycles. The third-order valence-corrected chi connectivity index (χ3v) is 7.21. The smallest absolute Gasteiger partial charge is 0.407 e. The fourth-order valence-electron chi connectivity index (χ4n) is 5.09. The van der Waals surface area contributed by atoms with Gasteiger partial charge in [-0.25, -0.2) is 9.59 Å². The number of nitrogens with one attached hydrogen (secondary N) is 2. The molecule has 3 N–H and O–H groups in total. The summed E-state index contributed by atoms with van der Waals surface area (Å²) in [4.78, 5) is 36.9. The van der Waals surface area contributed by atoms with Gasteiger partial charge in [0.15, 0.2) is 0 Å². The van der Waals surface area contributed by atoms with Gasteiger partial charge in [-0.1, -0.05) is 74.7 Å². The van der Waals surface area contributed by atoms with Crippen molar-refractivity contribution in [1.82, 2.24) is 10.6 Å². The predicted octanol–water partition coefficient (Wildman–Crippen LogP) is 4.84. The number of hydrogen-bond donors (Lipinski definition) is 3. The van der Waals surface area contributed by atoms with E-state index in [0.717, 1.165) is 54.4 Å². The Morgan fingerprint density at radius 2 is 1.63 bits per heavy atom. The van der Waals surface area contributed by atoms with Gasteiger partial charge in [0.2, 0.25) is 5.91 Å². The average molecular weight is 479 g/mol. The first-order valence-corrected chi connectivity index (χ1v) is 12.6. The lowest BCUT2D eigenvalue weighted by molar-refractivity contribution is -0.144. The van der Waals surface area contributed by atoms with E-state index >= 15 is 0 Å². The molecule has 7 nitrogen and oxygen atoms in total. The lowest BCUT2D eigenvalue weighted by Gasteiger charge is -2.31. The summed E-state index contributed by atoms with van der Waals surface area (Å²) in [6.07, 6.45) is 4.47. The number of amides is 2. The number of carboxylic acids is 1. The fourth-order valence-corrected chi connectivity index (χ4v) is 5.09. The van der Waals surface area contributed by atoms with Crippen LogP contribution in [-0.4, -0.2) is 41.8 Å². The minimum absolute atomic E-state index is 0.0133. The standard InChI is InChI=1S/C28H34N2O5/c1-2-3-11-19(16-25(31)30-26(27(32)33)18-9-8-10-18)29-28(34)35-17-24-22-14-6-4-12-20(22)21-13-5-7-15-23(21)24/h4-7,12-15,18-19,24,26H,2-3,8-11,16-17H2,1H3,(H,29,34)(H,30,31)(H,32,33)/t19-,26?/m0/s1. The molecule has 0 saturated heterocycles. The molecule has 1 fully saturated rings. The highest BCUT2D eigenvalue weighted by Gasteiger charge is 2.34. The predicted molar refractivity (Wildman–Crippen MR) is 133 cm³/mol. The van der Waals surface area contributed by atoms with E-state index in [1.54, 1.807) is 0 Å². The van der Waals surface area contributed by atoms with Crippen LogP contribution in [0.4, 0.5) is 4.79 Å². The van der Waals surface area contributed by atoms with Gasteiger partial charge in [0, 0.05) is 18.4 Å². The van der Waals surface area contributed by atoms with Crippen molar-refractivity contribution in [2.75, 3.05) is 6.61 Å². The van der Waals surface area contributed by atoms with Crippen LogP contribution >= 0.6 is 0 Å². The quantitative estimate of drug-likeness (QED) is 0.429. The molecule has 0 spiro atoms. The number of aliphatic carboxylic acids is 1. The van der Waals surface area contributed by atoms with Crippen LogP contribution < -0.4 is 10.6 Å². The number of fused-ring (bicyclic) bond motifs is 3. The third kappa shape index (κ3) is 5.84. The molecule has 0 radical (unpaired) electrons. The minimum atomic E-state index is -1.00. The molecule has 2 amide bonds. The Bertz CT molecular complexity index is 1020. The summed E-state index contributed by atoms with van der Waals surface area (Å²) in [7, 11) is 0. The van der Waals surface area contributed by atoms with E-state index in [1.165, 1.54) is 0 Å². The molecule has 2 aliphatic rings. The van der Waals surface area contributed by atoms with Gasteiger partial charge in [-0.3, -0.25) is 4.79 Å². The van der Waals surface area contributed by atoms with E-state index in [2.05, 4.69) is 34.9 Å². The number of hydrogen-bond acceptors (Lipinski definition) is 4. The minimum Gasteiger partial charge on any atom is -0.480 e. The molecule has 4 rings (SSSR count). The molecule has 2 aromatic rings. The van der Waals surface area contributed by atoms with Crippen molar-refractivity contribution in [2.24, 2.45) is 5.92 Å². The van der Waals surface area contributed by atoms with Gasteiger partial charge in [0.25, 0.3) is 0 Å². The lowest BCUT2D eigenvalue weighted by atomic mass is 9.79. The molecule has 1 saturated carbocycles. The Morgan fingerprint density at radius 1 is 1.00 bits per heavy atom. The number of carbonyl (C=O) groups excluding carboxylic acids is 2. The van der Waals surface area contributed by atoms with Gasteiger partial charge in [-0.05, 0) is 47.4 Å². The van der Waals surface area contributed by atoms with Gasteiger partial charge in [-0.2, -0.15) is 0 Å². The maximum Gasteiger partial charge on any atom is 0.407 e. The summed E-state index contributed by atoms with van der Waals surface area (Å²) in [5, 5.41) is 15.0. The highest BCUT2D eigenvalue weighted by atomic mass is 16.5. The summed E-state index contributed by atoms with van der Waals surface area (Å²) >= 11 is 0. The molecule has 2 aromatic carbocycles. The summed E-state index contributed by atoms with van der Waals surface area (Å²) in [6.45, 7) is 2.25. The molecule has 7 heteroatoms. The molecular formula is C28H34N2O5. The molecule has 1 unspecified atom stereocenters. The van der Waals surface area contributed by atoms with Crippen LogP contribution in [0.2, 0.25) is 0 Å². The number of unbranched alkanes of at least 4 members (excludes halogenated alkanes) is 1. The maximum absolute atomic E-state index is 12.7. The second-order valence-corrected chi connectivity index (χ2v) is 9.59. The summed E-state index contributed by atoms with van der Waals surface area (Å²) in [5.74, 6) is -1.41. The van der Waals surface area contributed by atoms with Crippen LogP contribution in [0, 0.1) is 5.92 Å². The van der Waals surface area contributed by atoms with Crippen molar-refractivity contribution >= 4 is 18.0 Å². The van der Waals surface area contributed by atoms with Gasteiger partial charge < -0.3 is 20.5 Å². The van der Waals surface area contributed by atoms with E-state index in [-0.39, 0.29) is 30.8 Å². The maximum atomic E-state index is 12.7. The zero-order valence-corrected chi connectivity index (χ0v) is 20.2. The molecule has 0 aromatic heterocycles. The number of benzene rings is 2. The van der Waals surface area contributed by atoms with Gasteiger partial charge in [0.1, 0.15) is 12.6 Å². The summed E-state index contributed by atoms with van der Waals surface area (Å²) in [6, 6.07) is 15.0. The van der Waals surface area contributed by atoms with Crippen LogP contribution in [0.25, 0.3) is 11.1 Å². The van der Waals surface area contributed by atoms with Crippen molar-refractivity contribution < 1.29 is 24.2 Å². The van der Waals surface area contributed by atoms with Crippen molar-refractivity contribution in [3.05, 3.63) is 59.7 Å². The van der Waals surface area contributed by atoms with Crippen molar-refractivity contribution in [1.29, 1.82) is 0 Å². The van der Waals surface area contributed by atoms with Crippen LogP contribution in [0.5, 0.6) is 0 Å². The van der Waals surface area contributed by atoms with Crippen LogP contribution in [0.15, 0.2) is 48.5 Å². The largest absolute Gasteiger partial charge is 0.480 e. The fraction of sp³-hybridized carbons (Fsp3) is 0.464. The molecular weight excluding hydrogens is 444 g/mol. The van der Waals surface area contributed by atoms with Crippen LogP contribution in [0.3, 0.4) is 0 Å². The topological polar surface area (TPSA) is 105 Å². The molecule has 186 valence electrons. The second-order valence-electron chi connectivity index (χ2n) is 9.59. The molecule has 2 aliphatic carbocycles. The van der Waals surface area contributed by atoms with E-state index in [0.29, 0.717) is 6.42 Å². The van der Waals surface area contributed by atoms with Crippen molar-refractivity contribution in [3.63, 3.8) is 0 Å². The Hall–Kier alpha value is -3.35. The average Bonchev–Trinajstić information content (AvgIpc) is 3.13. The number of alkyl carbamates (subject to hydrolysis) is 1. The molecule has 2 atom stereocenters. The lowest BCUT2D eigenvalue weighted by Crippen LogP contribution is -2.49. The first-order chi connectivity index (χ1) is 17.0. The number of carbonyl (C=O) groups is 3. The van der Waals surface area contributed by atoms with E-state index in [9.17, 15) is 19.5 Å². The molecule has 0 aliphatic heterocycles. The Kier molecular flexibility index (Phi) is 8.06. The van der Waals surface area contributed by atoms with E-state index < -0.39 is 24.1 Å². The van der Waals surface area contributed by atoms with Crippen LogP contribution in [0.1, 0.15) is 68.9 Å². The first kappa shape index (κ1) is 24.8. The Labute approximate surface area is 206 Å². The van der Waals surface area contributed by atoms with Crippen molar-refractivity contribution in [3.8, 4) is 11.1 Å². The Balaban J connectivity index is 1.35. The summed E-state index contributed by atoms with van der Waals surface area (Å²) < 4.78 is 5.64. The first-order valence-electron chi connectivity index (χ1n) is 12.6. The normalized spacial score (nSPS) is 16.4. The zero-order valence-electron chi connectivity index (χ0n) is 20.2. The van der Waals surface area contributed by atoms with Gasteiger partial charge in [0.05, 0.1) is 0 Å². The second kappa shape index (κ2) is 11.4. The third-order valence-electron chi connectivity index (χ3n) is 7.21. The SMILES string of the molecule is CCCC[C@@H](CC(=O)NC(C(=O)O)C1CCC1)NC(=O)OCC1c2ccccc2-c2ccccc21. The number of ether oxygens (including phenoxy) is 1. The number of carboxylic acid groups (broad SMARTS) is 1. The highest BCUT2D eigenvalue weighted by molar-refractivity contribution is 5.84. The van der Waals surface area contributed by atoms with Crippen molar-refractivity contribution in [2.45, 2.75) is 69.9 Å². The summed E-state index contributed by atoms with van der Waals surface area (Å²) in [5.41, 5.74) is 4.60. The number of rotatable bonds is 11. The molecule has 0 bridgehead atoms. The zero-order chi connectivity index (χ0) is 24.8. The van der Waals surface area contributed by atoms with Gasteiger partial charge >= 0.3 is 12.1 Å².